The number of hydrogen-bond acceptors (Lipinski definition) is 4. The molecule has 0 bridgehead atoms. The predicted molar refractivity (Wildman–Crippen MR) is 95.3 cm³/mol. The molecule has 4 rings (SSSR count). The van der Waals surface area contributed by atoms with Crippen molar-refractivity contribution in [1.29, 1.82) is 0 Å². The van der Waals surface area contributed by atoms with E-state index in [9.17, 15) is 9.90 Å². The summed E-state index contributed by atoms with van der Waals surface area (Å²) >= 11 is 0. The molecule has 0 aliphatic rings. The Labute approximate surface area is 149 Å². The van der Waals surface area contributed by atoms with Crippen LogP contribution in [0.5, 0.6) is 5.75 Å². The summed E-state index contributed by atoms with van der Waals surface area (Å²) in [6, 6.07) is 18.1. The molecule has 6 nitrogen and oxygen atoms in total. The Morgan fingerprint density at radius 2 is 1.96 bits per heavy atom. The number of fused-ring (bicyclic) bond motifs is 1. The first kappa shape index (κ1) is 16.0. The molecule has 0 spiro atoms. The van der Waals surface area contributed by atoms with Crippen molar-refractivity contribution in [3.63, 3.8) is 0 Å². The second-order valence-electron chi connectivity index (χ2n) is 5.80. The van der Waals surface area contributed by atoms with Gasteiger partial charge in [-0.25, -0.2) is 9.78 Å². The molecule has 2 aromatic heterocycles. The standard InChI is InChI=1S/C20H16N2O4/c23-20(24)14-8-9-18-17(11-14)21-19(13-26-15-5-2-1-3-6-15)22(18)12-16-7-4-10-25-16/h1-11H,12-13H2,(H,23,24). The molecule has 2 heterocycles. The van der Waals surface area contributed by atoms with Crippen molar-refractivity contribution in [2.75, 3.05) is 0 Å². The molecular weight excluding hydrogens is 332 g/mol. The number of carboxylic acids is 1. The first-order valence-electron chi connectivity index (χ1n) is 8.13. The molecule has 1 N–H and O–H groups in total. The fraction of sp³-hybridized carbons (Fsp3) is 0.100. The molecule has 0 amide bonds. The van der Waals surface area contributed by atoms with Gasteiger partial charge in [0, 0.05) is 0 Å². The lowest BCUT2D eigenvalue weighted by atomic mass is 10.2. The van der Waals surface area contributed by atoms with Crippen LogP contribution in [0.15, 0.2) is 71.3 Å². The summed E-state index contributed by atoms with van der Waals surface area (Å²) in [6.45, 7) is 0.755. The number of aromatic carboxylic acids is 1. The van der Waals surface area contributed by atoms with Gasteiger partial charge in [0.2, 0.25) is 0 Å². The fourth-order valence-corrected chi connectivity index (χ4v) is 2.82. The van der Waals surface area contributed by atoms with Gasteiger partial charge in [0.1, 0.15) is 23.9 Å². The van der Waals surface area contributed by atoms with E-state index in [1.54, 1.807) is 24.5 Å². The highest BCUT2D eigenvalue weighted by Crippen LogP contribution is 2.21. The highest BCUT2D eigenvalue weighted by atomic mass is 16.5. The van der Waals surface area contributed by atoms with Crippen LogP contribution >= 0.6 is 0 Å². The van der Waals surface area contributed by atoms with E-state index in [2.05, 4.69) is 4.98 Å². The quantitative estimate of drug-likeness (QED) is 0.571. The topological polar surface area (TPSA) is 77.5 Å². The highest BCUT2D eigenvalue weighted by molar-refractivity contribution is 5.92. The second kappa shape index (κ2) is 6.76. The number of imidazole rings is 1. The van der Waals surface area contributed by atoms with Crippen molar-refractivity contribution >= 4 is 17.0 Å². The molecule has 4 aromatic rings. The minimum Gasteiger partial charge on any atom is -0.486 e. The van der Waals surface area contributed by atoms with Gasteiger partial charge in [-0.15, -0.1) is 0 Å². The largest absolute Gasteiger partial charge is 0.486 e. The van der Waals surface area contributed by atoms with Gasteiger partial charge in [-0.3, -0.25) is 0 Å². The van der Waals surface area contributed by atoms with Crippen LogP contribution in [-0.2, 0) is 13.2 Å². The van der Waals surface area contributed by atoms with Gasteiger partial charge in [-0.05, 0) is 42.5 Å². The molecule has 0 saturated carbocycles. The maximum absolute atomic E-state index is 11.2. The lowest BCUT2D eigenvalue weighted by molar-refractivity contribution is 0.0697. The van der Waals surface area contributed by atoms with Crippen molar-refractivity contribution < 1.29 is 19.1 Å². The molecule has 0 saturated heterocycles. The maximum atomic E-state index is 11.2. The van der Waals surface area contributed by atoms with E-state index in [1.807, 2.05) is 47.0 Å². The van der Waals surface area contributed by atoms with Crippen LogP contribution in [-0.4, -0.2) is 20.6 Å². The van der Waals surface area contributed by atoms with Crippen LogP contribution in [0.1, 0.15) is 21.9 Å². The summed E-state index contributed by atoms with van der Waals surface area (Å²) in [5.41, 5.74) is 1.65. The van der Waals surface area contributed by atoms with Gasteiger partial charge in [-0.2, -0.15) is 0 Å². The van der Waals surface area contributed by atoms with Crippen LogP contribution in [0.4, 0.5) is 0 Å². The first-order chi connectivity index (χ1) is 12.7. The smallest absolute Gasteiger partial charge is 0.335 e. The first-order valence-corrected chi connectivity index (χ1v) is 8.13. The zero-order valence-electron chi connectivity index (χ0n) is 13.8. The van der Waals surface area contributed by atoms with Crippen LogP contribution < -0.4 is 4.74 Å². The molecule has 0 radical (unpaired) electrons. The molecule has 2 aromatic carbocycles. The fourth-order valence-electron chi connectivity index (χ4n) is 2.82. The maximum Gasteiger partial charge on any atom is 0.335 e. The Morgan fingerprint density at radius 1 is 1.12 bits per heavy atom. The van der Waals surface area contributed by atoms with Gasteiger partial charge in [0.15, 0.2) is 0 Å². The van der Waals surface area contributed by atoms with Gasteiger partial charge in [-0.1, -0.05) is 18.2 Å². The lowest BCUT2D eigenvalue weighted by Crippen LogP contribution is -2.08. The molecule has 26 heavy (non-hydrogen) atoms. The van der Waals surface area contributed by atoms with Gasteiger partial charge < -0.3 is 18.8 Å². The van der Waals surface area contributed by atoms with Gasteiger partial charge in [0.25, 0.3) is 0 Å². The summed E-state index contributed by atoms with van der Waals surface area (Å²) in [5.74, 6) is 1.25. The molecule has 0 atom stereocenters. The van der Waals surface area contributed by atoms with Crippen LogP contribution in [0.25, 0.3) is 11.0 Å². The molecule has 0 fully saturated rings. The molecule has 0 unspecified atom stereocenters. The summed E-state index contributed by atoms with van der Waals surface area (Å²) in [5, 5.41) is 9.21. The van der Waals surface area contributed by atoms with E-state index in [-0.39, 0.29) is 12.2 Å². The second-order valence-corrected chi connectivity index (χ2v) is 5.80. The molecule has 0 aliphatic carbocycles. The molecule has 130 valence electrons. The van der Waals surface area contributed by atoms with Crippen LogP contribution in [0, 0.1) is 0 Å². The number of hydrogen-bond donors (Lipinski definition) is 1. The van der Waals surface area contributed by atoms with Crippen molar-refractivity contribution in [2.24, 2.45) is 0 Å². The Balaban J connectivity index is 1.72. The normalized spacial score (nSPS) is 10.9. The van der Waals surface area contributed by atoms with Crippen molar-refractivity contribution in [3.05, 3.63) is 84.1 Å². The highest BCUT2D eigenvalue weighted by Gasteiger charge is 2.15. The zero-order valence-corrected chi connectivity index (χ0v) is 13.8. The van der Waals surface area contributed by atoms with E-state index in [1.165, 1.54) is 0 Å². The zero-order chi connectivity index (χ0) is 17.9. The number of aromatic nitrogens is 2. The van der Waals surface area contributed by atoms with Gasteiger partial charge in [0.05, 0.1) is 29.4 Å². The molecule has 0 aliphatic heterocycles. The predicted octanol–water partition coefficient (Wildman–Crippen LogP) is 3.95. The van der Waals surface area contributed by atoms with E-state index in [4.69, 9.17) is 9.15 Å². The number of para-hydroxylation sites is 1. The van der Waals surface area contributed by atoms with E-state index >= 15 is 0 Å². The Hall–Kier alpha value is -3.54. The Morgan fingerprint density at radius 3 is 2.69 bits per heavy atom. The third-order valence-electron chi connectivity index (χ3n) is 4.08. The average molecular weight is 348 g/mol. The Bertz CT molecular complexity index is 1040. The van der Waals surface area contributed by atoms with Gasteiger partial charge >= 0.3 is 5.97 Å². The monoisotopic (exact) mass is 348 g/mol. The van der Waals surface area contributed by atoms with E-state index < -0.39 is 5.97 Å². The van der Waals surface area contributed by atoms with Crippen LogP contribution in [0.3, 0.4) is 0 Å². The van der Waals surface area contributed by atoms with E-state index in [0.29, 0.717) is 17.9 Å². The number of nitrogens with zero attached hydrogens (tertiary/aromatic N) is 2. The minimum atomic E-state index is -0.977. The summed E-state index contributed by atoms with van der Waals surface area (Å²) in [4.78, 5) is 15.8. The van der Waals surface area contributed by atoms with Crippen molar-refractivity contribution in [1.82, 2.24) is 9.55 Å². The number of carbonyl (C=O) groups is 1. The third kappa shape index (κ3) is 3.17. The summed E-state index contributed by atoms with van der Waals surface area (Å²) in [7, 11) is 0. The number of benzene rings is 2. The minimum absolute atomic E-state index is 0.204. The average Bonchev–Trinajstić information content (AvgIpc) is 3.29. The summed E-state index contributed by atoms with van der Waals surface area (Å²) < 4.78 is 13.3. The van der Waals surface area contributed by atoms with Crippen LogP contribution in [0.2, 0.25) is 0 Å². The number of rotatable bonds is 6. The lowest BCUT2D eigenvalue weighted by Gasteiger charge is -2.09. The number of carboxylic acid groups (broad SMARTS) is 1. The van der Waals surface area contributed by atoms with E-state index in [0.717, 1.165) is 17.0 Å². The molecule has 6 heteroatoms. The Kier molecular flexibility index (Phi) is 4.15. The summed E-state index contributed by atoms with van der Waals surface area (Å²) in [6.07, 6.45) is 1.62. The molecular formula is C20H16N2O4. The van der Waals surface area contributed by atoms with Crippen molar-refractivity contribution in [2.45, 2.75) is 13.2 Å². The number of furan rings is 1. The SMILES string of the molecule is O=C(O)c1ccc2c(c1)nc(COc1ccccc1)n2Cc1ccco1. The number of ether oxygens (including phenoxy) is 1. The van der Waals surface area contributed by atoms with Crippen molar-refractivity contribution in [3.8, 4) is 5.75 Å². The third-order valence-corrected chi connectivity index (χ3v) is 4.08.